The summed E-state index contributed by atoms with van der Waals surface area (Å²) in [6.45, 7) is 2.14. The van der Waals surface area contributed by atoms with E-state index >= 15 is 0 Å². The van der Waals surface area contributed by atoms with Crippen molar-refractivity contribution in [3.05, 3.63) is 30.1 Å². The molecule has 0 spiro atoms. The van der Waals surface area contributed by atoms with E-state index in [4.69, 9.17) is 0 Å². The van der Waals surface area contributed by atoms with Gasteiger partial charge >= 0.3 is 5.97 Å². The number of benzene rings is 1. The van der Waals surface area contributed by atoms with E-state index < -0.39 is 27.2 Å². The first-order valence-electron chi connectivity index (χ1n) is 6.81. The minimum Gasteiger partial charge on any atom is -0.481 e. The number of halogens is 1. The number of carboxylic acid groups (broad SMARTS) is 1. The predicted octanol–water partition coefficient (Wildman–Crippen LogP) is 2.09. The molecule has 1 aliphatic rings. The molecule has 1 N–H and O–H groups in total. The maximum Gasteiger partial charge on any atom is 0.309 e. The number of hydrogen-bond acceptors (Lipinski definition) is 3. The lowest BCUT2D eigenvalue weighted by Gasteiger charge is -2.37. The molecule has 0 radical (unpaired) electrons. The van der Waals surface area contributed by atoms with E-state index in [9.17, 15) is 22.7 Å². The van der Waals surface area contributed by atoms with Crippen molar-refractivity contribution in [2.75, 3.05) is 13.1 Å². The van der Waals surface area contributed by atoms with Crippen LogP contribution in [-0.2, 0) is 14.8 Å². The second-order valence-corrected chi connectivity index (χ2v) is 7.23. The number of nitrogens with zero attached hydrogens (tertiary/aromatic N) is 1. The molecule has 1 heterocycles. The minimum atomic E-state index is -3.69. The van der Waals surface area contributed by atoms with Crippen LogP contribution in [0.25, 0.3) is 0 Å². The van der Waals surface area contributed by atoms with E-state index in [0.717, 1.165) is 12.1 Å². The molecule has 1 aromatic carbocycles. The Balaban J connectivity index is 2.18. The summed E-state index contributed by atoms with van der Waals surface area (Å²) in [5.74, 6) is -1.37. The lowest BCUT2D eigenvalue weighted by Crippen LogP contribution is -2.46. The van der Waals surface area contributed by atoms with E-state index in [1.54, 1.807) is 6.92 Å². The van der Waals surface area contributed by atoms with Crippen LogP contribution in [0.5, 0.6) is 0 Å². The normalized spacial score (nSPS) is 19.3. The molecule has 7 heteroatoms. The molecule has 1 saturated heterocycles. The van der Waals surface area contributed by atoms with Crippen LogP contribution in [0, 0.1) is 11.2 Å². The maximum absolute atomic E-state index is 12.9. The molecule has 0 amide bonds. The van der Waals surface area contributed by atoms with Crippen LogP contribution in [0.15, 0.2) is 29.2 Å². The highest BCUT2D eigenvalue weighted by atomic mass is 32.2. The Kier molecular flexibility index (Phi) is 4.34. The first-order valence-corrected chi connectivity index (χ1v) is 8.25. The summed E-state index contributed by atoms with van der Waals surface area (Å²) < 4.78 is 39.0. The maximum atomic E-state index is 12.9. The summed E-state index contributed by atoms with van der Waals surface area (Å²) in [6, 6.07) is 4.65. The number of sulfonamides is 1. The Morgan fingerprint density at radius 1 is 1.29 bits per heavy atom. The number of piperidine rings is 1. The Bertz CT molecular complexity index is 619. The van der Waals surface area contributed by atoms with Gasteiger partial charge < -0.3 is 5.11 Å². The quantitative estimate of drug-likeness (QED) is 0.923. The molecule has 0 aromatic heterocycles. The number of rotatable bonds is 4. The number of carboxylic acids is 1. The van der Waals surface area contributed by atoms with Crippen LogP contribution in [0.3, 0.4) is 0 Å². The van der Waals surface area contributed by atoms with Gasteiger partial charge in [0.1, 0.15) is 5.82 Å². The van der Waals surface area contributed by atoms with Crippen molar-refractivity contribution in [2.45, 2.75) is 31.1 Å². The molecule has 2 rings (SSSR count). The number of carbonyl (C=O) groups is 1. The van der Waals surface area contributed by atoms with Crippen LogP contribution >= 0.6 is 0 Å². The van der Waals surface area contributed by atoms with Crippen molar-refractivity contribution in [1.29, 1.82) is 0 Å². The highest BCUT2D eigenvalue weighted by Gasteiger charge is 2.42. The fraction of sp³-hybridized carbons (Fsp3) is 0.500. The van der Waals surface area contributed by atoms with E-state index in [1.807, 2.05) is 0 Å². The number of aliphatic carboxylic acids is 1. The van der Waals surface area contributed by atoms with Crippen molar-refractivity contribution >= 4 is 16.0 Å². The third-order valence-electron chi connectivity index (χ3n) is 4.26. The van der Waals surface area contributed by atoms with Gasteiger partial charge in [-0.3, -0.25) is 4.79 Å². The van der Waals surface area contributed by atoms with E-state index in [1.165, 1.54) is 16.4 Å². The van der Waals surface area contributed by atoms with Gasteiger partial charge in [0.05, 0.1) is 10.3 Å². The summed E-state index contributed by atoms with van der Waals surface area (Å²) in [6.07, 6.45) is 1.06. The van der Waals surface area contributed by atoms with Gasteiger partial charge in [-0.1, -0.05) is 6.92 Å². The van der Waals surface area contributed by atoms with Gasteiger partial charge in [0.15, 0.2) is 0 Å². The standard InChI is InChI=1S/C14H18FNO4S/c1-2-14(13(17)18)7-9-16(10-8-14)21(19,20)12-5-3-11(15)4-6-12/h3-6H,2,7-10H2,1H3,(H,17,18). The van der Waals surface area contributed by atoms with Gasteiger partial charge in [-0.15, -0.1) is 0 Å². The summed E-state index contributed by atoms with van der Waals surface area (Å²) in [5.41, 5.74) is -0.838. The first-order chi connectivity index (χ1) is 9.82. The zero-order chi connectivity index (χ0) is 15.7. The molecule has 1 aliphatic heterocycles. The van der Waals surface area contributed by atoms with Crippen LogP contribution < -0.4 is 0 Å². The molecule has 0 bridgehead atoms. The van der Waals surface area contributed by atoms with Crippen LogP contribution in [-0.4, -0.2) is 36.9 Å². The van der Waals surface area contributed by atoms with Crippen LogP contribution in [0.4, 0.5) is 4.39 Å². The predicted molar refractivity (Wildman–Crippen MR) is 74.8 cm³/mol. The van der Waals surface area contributed by atoms with E-state index in [-0.39, 0.29) is 18.0 Å². The molecule has 21 heavy (non-hydrogen) atoms. The monoisotopic (exact) mass is 315 g/mol. The summed E-state index contributed by atoms with van der Waals surface area (Å²) in [7, 11) is -3.69. The average molecular weight is 315 g/mol. The highest BCUT2D eigenvalue weighted by molar-refractivity contribution is 7.89. The van der Waals surface area contributed by atoms with Crippen molar-refractivity contribution in [2.24, 2.45) is 5.41 Å². The van der Waals surface area contributed by atoms with Gasteiger partial charge in [0.2, 0.25) is 10.0 Å². The fourth-order valence-corrected chi connectivity index (χ4v) is 4.07. The van der Waals surface area contributed by atoms with Gasteiger partial charge in [-0.2, -0.15) is 4.31 Å². The molecule has 0 saturated carbocycles. The molecule has 1 aromatic rings. The number of hydrogen-bond donors (Lipinski definition) is 1. The Morgan fingerprint density at radius 3 is 2.24 bits per heavy atom. The molecule has 0 atom stereocenters. The van der Waals surface area contributed by atoms with Crippen molar-refractivity contribution < 1.29 is 22.7 Å². The second-order valence-electron chi connectivity index (χ2n) is 5.30. The Hall–Kier alpha value is -1.47. The molecule has 0 aliphatic carbocycles. The lowest BCUT2D eigenvalue weighted by molar-refractivity contribution is -0.151. The average Bonchev–Trinajstić information content (AvgIpc) is 2.47. The minimum absolute atomic E-state index is 0.0308. The van der Waals surface area contributed by atoms with Crippen LogP contribution in [0.1, 0.15) is 26.2 Å². The highest BCUT2D eigenvalue weighted by Crippen LogP contribution is 2.36. The SMILES string of the molecule is CCC1(C(=O)O)CCN(S(=O)(=O)c2ccc(F)cc2)CC1. The zero-order valence-electron chi connectivity index (χ0n) is 11.8. The third-order valence-corrected chi connectivity index (χ3v) is 6.17. The van der Waals surface area contributed by atoms with Crippen molar-refractivity contribution in [1.82, 2.24) is 4.31 Å². The van der Waals surface area contributed by atoms with Gasteiger partial charge in [-0.05, 0) is 43.5 Å². The second kappa shape index (κ2) is 5.73. The largest absolute Gasteiger partial charge is 0.481 e. The molecular weight excluding hydrogens is 297 g/mol. The van der Waals surface area contributed by atoms with Gasteiger partial charge in [0, 0.05) is 13.1 Å². The summed E-state index contributed by atoms with van der Waals surface area (Å²) >= 11 is 0. The van der Waals surface area contributed by atoms with E-state index in [2.05, 4.69) is 0 Å². The smallest absolute Gasteiger partial charge is 0.309 e. The van der Waals surface area contributed by atoms with Crippen molar-refractivity contribution in [3.63, 3.8) is 0 Å². The Labute approximate surface area is 123 Å². The third kappa shape index (κ3) is 2.94. The van der Waals surface area contributed by atoms with Crippen molar-refractivity contribution in [3.8, 4) is 0 Å². The summed E-state index contributed by atoms with van der Waals surface area (Å²) in [5, 5.41) is 9.32. The first kappa shape index (κ1) is 15.9. The van der Waals surface area contributed by atoms with Crippen LogP contribution in [0.2, 0.25) is 0 Å². The topological polar surface area (TPSA) is 74.7 Å². The van der Waals surface area contributed by atoms with Gasteiger partial charge in [-0.25, -0.2) is 12.8 Å². The molecule has 1 fully saturated rings. The zero-order valence-corrected chi connectivity index (χ0v) is 12.6. The lowest BCUT2D eigenvalue weighted by atomic mass is 9.77. The molecule has 5 nitrogen and oxygen atoms in total. The summed E-state index contributed by atoms with van der Waals surface area (Å²) in [4.78, 5) is 11.4. The van der Waals surface area contributed by atoms with E-state index in [0.29, 0.717) is 19.3 Å². The molecular formula is C14H18FNO4S. The fourth-order valence-electron chi connectivity index (χ4n) is 2.63. The Morgan fingerprint density at radius 2 is 1.81 bits per heavy atom. The molecule has 116 valence electrons. The molecule has 0 unspecified atom stereocenters. The van der Waals surface area contributed by atoms with Gasteiger partial charge in [0.25, 0.3) is 0 Å².